The number of anilines is 1. The number of ether oxygens (including phenoxy) is 2. The van der Waals surface area contributed by atoms with Gasteiger partial charge in [-0.2, -0.15) is 0 Å². The third-order valence-electron chi connectivity index (χ3n) is 3.09. The van der Waals surface area contributed by atoms with Gasteiger partial charge in [-0.05, 0) is 45.8 Å². The van der Waals surface area contributed by atoms with Gasteiger partial charge in [0.15, 0.2) is 23.1 Å². The molecular formula is C15H12BrF2NO2. The molecule has 110 valence electrons. The number of halogens is 3. The monoisotopic (exact) mass is 355 g/mol. The summed E-state index contributed by atoms with van der Waals surface area (Å²) >= 11 is 3.42. The normalized spacial score (nSPS) is 13.1. The average Bonchev–Trinajstić information content (AvgIpc) is 2.49. The summed E-state index contributed by atoms with van der Waals surface area (Å²) in [5, 5.41) is 2.87. The van der Waals surface area contributed by atoms with Gasteiger partial charge in [0.2, 0.25) is 0 Å². The Bertz CT molecular complexity index is 679. The van der Waals surface area contributed by atoms with Crippen LogP contribution in [0.3, 0.4) is 0 Å². The maximum Gasteiger partial charge on any atom is 0.181 e. The molecule has 0 aliphatic carbocycles. The first-order chi connectivity index (χ1) is 10.1. The topological polar surface area (TPSA) is 30.5 Å². The highest BCUT2D eigenvalue weighted by molar-refractivity contribution is 9.10. The fraction of sp³-hybridized carbons (Fsp3) is 0.200. The Morgan fingerprint density at radius 2 is 1.95 bits per heavy atom. The smallest absolute Gasteiger partial charge is 0.181 e. The second-order valence-electron chi connectivity index (χ2n) is 4.56. The Morgan fingerprint density at radius 1 is 1.14 bits per heavy atom. The van der Waals surface area contributed by atoms with E-state index in [0.29, 0.717) is 31.3 Å². The maximum absolute atomic E-state index is 13.6. The molecule has 0 spiro atoms. The van der Waals surface area contributed by atoms with Crippen LogP contribution < -0.4 is 14.8 Å². The van der Waals surface area contributed by atoms with E-state index in [1.807, 2.05) is 12.1 Å². The van der Waals surface area contributed by atoms with Gasteiger partial charge in [-0.3, -0.25) is 0 Å². The van der Waals surface area contributed by atoms with Gasteiger partial charge in [-0.25, -0.2) is 8.78 Å². The van der Waals surface area contributed by atoms with Crippen LogP contribution in [0.5, 0.6) is 11.5 Å². The van der Waals surface area contributed by atoms with Crippen molar-refractivity contribution < 1.29 is 18.3 Å². The Morgan fingerprint density at radius 3 is 2.81 bits per heavy atom. The van der Waals surface area contributed by atoms with Crippen LogP contribution in [-0.2, 0) is 6.54 Å². The molecule has 21 heavy (non-hydrogen) atoms. The summed E-state index contributed by atoms with van der Waals surface area (Å²) < 4.78 is 38.5. The van der Waals surface area contributed by atoms with E-state index in [1.165, 1.54) is 12.1 Å². The average molecular weight is 356 g/mol. The first kappa shape index (κ1) is 14.1. The molecule has 0 aromatic heterocycles. The van der Waals surface area contributed by atoms with Gasteiger partial charge in [0.05, 0.1) is 10.2 Å². The number of hydrogen-bond acceptors (Lipinski definition) is 3. The fourth-order valence-electron chi connectivity index (χ4n) is 2.10. The van der Waals surface area contributed by atoms with Crippen molar-refractivity contribution >= 4 is 21.6 Å². The summed E-state index contributed by atoms with van der Waals surface area (Å²) in [6, 6.07) is 7.72. The minimum absolute atomic E-state index is 0.126. The minimum Gasteiger partial charge on any atom is -0.486 e. The first-order valence-electron chi connectivity index (χ1n) is 6.41. The Labute approximate surface area is 129 Å². The Kier molecular flexibility index (Phi) is 3.96. The predicted molar refractivity (Wildman–Crippen MR) is 78.8 cm³/mol. The zero-order chi connectivity index (χ0) is 14.8. The zero-order valence-corrected chi connectivity index (χ0v) is 12.5. The lowest BCUT2D eigenvalue weighted by Crippen LogP contribution is -2.16. The van der Waals surface area contributed by atoms with Crippen molar-refractivity contribution in [3.8, 4) is 11.5 Å². The maximum atomic E-state index is 13.6. The van der Waals surface area contributed by atoms with Gasteiger partial charge >= 0.3 is 0 Å². The second kappa shape index (κ2) is 5.89. The number of benzene rings is 2. The molecule has 1 aliphatic rings. The third kappa shape index (κ3) is 2.95. The van der Waals surface area contributed by atoms with E-state index >= 15 is 0 Å². The van der Waals surface area contributed by atoms with Gasteiger partial charge in [0.25, 0.3) is 0 Å². The van der Waals surface area contributed by atoms with Crippen molar-refractivity contribution in [1.82, 2.24) is 0 Å². The highest BCUT2D eigenvalue weighted by atomic mass is 79.9. The molecule has 0 unspecified atom stereocenters. The molecule has 3 rings (SSSR count). The summed E-state index contributed by atoms with van der Waals surface area (Å²) in [5.74, 6) is -0.438. The lowest BCUT2D eigenvalue weighted by molar-refractivity contribution is 0.170. The summed E-state index contributed by atoms with van der Waals surface area (Å²) in [7, 11) is 0. The number of hydrogen-bond donors (Lipinski definition) is 1. The number of fused-ring (bicyclic) bond motifs is 1. The van der Waals surface area contributed by atoms with Crippen molar-refractivity contribution in [2.75, 3.05) is 18.5 Å². The minimum atomic E-state index is -0.880. The highest BCUT2D eigenvalue weighted by Gasteiger charge is 2.16. The van der Waals surface area contributed by atoms with Crippen LogP contribution in [0.4, 0.5) is 14.5 Å². The SMILES string of the molecule is Fc1cccc(NCc2cc(Br)c3c(c2)OCCO3)c1F. The van der Waals surface area contributed by atoms with Crippen molar-refractivity contribution in [3.63, 3.8) is 0 Å². The molecule has 0 fully saturated rings. The van der Waals surface area contributed by atoms with Crippen LogP contribution in [0.15, 0.2) is 34.8 Å². The van der Waals surface area contributed by atoms with Gasteiger partial charge in [0, 0.05) is 6.54 Å². The molecule has 1 aliphatic heterocycles. The summed E-state index contributed by atoms with van der Waals surface area (Å²) in [6.45, 7) is 1.35. The molecule has 2 aromatic carbocycles. The molecule has 3 nitrogen and oxygen atoms in total. The molecule has 0 saturated carbocycles. The van der Waals surface area contributed by atoms with Gasteiger partial charge in [0.1, 0.15) is 13.2 Å². The summed E-state index contributed by atoms with van der Waals surface area (Å²) in [5.41, 5.74) is 0.996. The molecule has 0 saturated heterocycles. The van der Waals surface area contributed by atoms with Crippen LogP contribution >= 0.6 is 15.9 Å². The predicted octanol–water partition coefficient (Wildman–Crippen LogP) is 4.11. The fourth-order valence-corrected chi connectivity index (χ4v) is 2.71. The largest absolute Gasteiger partial charge is 0.486 e. The van der Waals surface area contributed by atoms with Crippen molar-refractivity contribution in [3.05, 3.63) is 52.0 Å². The van der Waals surface area contributed by atoms with Crippen LogP contribution in [0.1, 0.15) is 5.56 Å². The van der Waals surface area contributed by atoms with Crippen LogP contribution in [0.25, 0.3) is 0 Å². The van der Waals surface area contributed by atoms with Gasteiger partial charge in [-0.1, -0.05) is 6.07 Å². The molecule has 1 N–H and O–H groups in total. The molecule has 0 atom stereocenters. The van der Waals surface area contributed by atoms with Gasteiger partial charge in [-0.15, -0.1) is 0 Å². The molecule has 2 aromatic rings. The Hall–Kier alpha value is -1.82. The standard InChI is InChI=1S/C15H12BrF2NO2/c16-10-6-9(7-13-15(10)21-5-4-20-13)8-19-12-3-1-2-11(17)14(12)18/h1-3,6-7,19H,4-5,8H2. The lowest BCUT2D eigenvalue weighted by atomic mass is 10.2. The molecule has 1 heterocycles. The molecule has 0 bridgehead atoms. The summed E-state index contributed by atoms with van der Waals surface area (Å²) in [6.07, 6.45) is 0. The second-order valence-corrected chi connectivity index (χ2v) is 5.41. The van der Waals surface area contributed by atoms with Crippen LogP contribution in [0.2, 0.25) is 0 Å². The number of rotatable bonds is 3. The number of nitrogens with one attached hydrogen (secondary N) is 1. The highest BCUT2D eigenvalue weighted by Crippen LogP contribution is 2.38. The lowest BCUT2D eigenvalue weighted by Gasteiger charge is -2.20. The van der Waals surface area contributed by atoms with E-state index in [9.17, 15) is 8.78 Å². The summed E-state index contributed by atoms with van der Waals surface area (Å²) in [4.78, 5) is 0. The van der Waals surface area contributed by atoms with Crippen molar-refractivity contribution in [1.29, 1.82) is 0 Å². The van der Waals surface area contributed by atoms with Crippen molar-refractivity contribution in [2.45, 2.75) is 6.54 Å². The van der Waals surface area contributed by atoms with E-state index < -0.39 is 11.6 Å². The van der Waals surface area contributed by atoms with Crippen LogP contribution in [0, 0.1) is 11.6 Å². The van der Waals surface area contributed by atoms with Crippen LogP contribution in [-0.4, -0.2) is 13.2 Å². The quantitative estimate of drug-likeness (QED) is 0.898. The molecule has 0 amide bonds. The van der Waals surface area contributed by atoms with Gasteiger partial charge < -0.3 is 14.8 Å². The van der Waals surface area contributed by atoms with E-state index in [0.717, 1.165) is 16.1 Å². The van der Waals surface area contributed by atoms with Crippen molar-refractivity contribution in [2.24, 2.45) is 0 Å². The molecule has 0 radical (unpaired) electrons. The van der Waals surface area contributed by atoms with E-state index in [-0.39, 0.29) is 5.69 Å². The zero-order valence-electron chi connectivity index (χ0n) is 11.0. The third-order valence-corrected chi connectivity index (χ3v) is 3.68. The first-order valence-corrected chi connectivity index (χ1v) is 7.20. The van der Waals surface area contributed by atoms with E-state index in [4.69, 9.17) is 9.47 Å². The van der Waals surface area contributed by atoms with E-state index in [1.54, 1.807) is 0 Å². The molecule has 6 heteroatoms. The van der Waals surface area contributed by atoms with E-state index in [2.05, 4.69) is 21.2 Å². The molecular weight excluding hydrogens is 344 g/mol. The Balaban J connectivity index is 1.79.